The fraction of sp³-hybridized carbons (Fsp3) is 0.474. The van der Waals surface area contributed by atoms with Crippen molar-refractivity contribution in [1.82, 2.24) is 5.32 Å². The lowest BCUT2D eigenvalue weighted by Crippen LogP contribution is -2.32. The number of aryl methyl sites for hydroxylation is 1. The van der Waals surface area contributed by atoms with Crippen LogP contribution in [0.2, 0.25) is 0 Å². The maximum Gasteiger partial charge on any atom is 0.291 e. The maximum absolute atomic E-state index is 12.9. The Bertz CT molecular complexity index is 791. The van der Waals surface area contributed by atoms with Crippen molar-refractivity contribution in [3.63, 3.8) is 0 Å². The number of carbonyl (C=O) groups is 2. The summed E-state index contributed by atoms with van der Waals surface area (Å²) in [5.74, 6) is -0.224. The van der Waals surface area contributed by atoms with Crippen LogP contribution in [0.1, 0.15) is 57.0 Å². The molecule has 0 radical (unpaired) electrons. The van der Waals surface area contributed by atoms with E-state index in [4.69, 9.17) is 9.15 Å². The quantitative estimate of drug-likeness (QED) is 0.841. The Morgan fingerprint density at radius 1 is 1.19 bits per heavy atom. The molecule has 2 amide bonds. The third-order valence-electron chi connectivity index (χ3n) is 4.88. The second kappa shape index (κ2) is 7.63. The van der Waals surface area contributed by atoms with Gasteiger partial charge >= 0.3 is 0 Å². The topological polar surface area (TPSA) is 80.6 Å². The number of furan rings is 1. The smallest absolute Gasteiger partial charge is 0.291 e. The highest BCUT2D eigenvalue weighted by atomic mass is 32.1. The van der Waals surface area contributed by atoms with Crippen molar-refractivity contribution in [2.24, 2.45) is 0 Å². The van der Waals surface area contributed by atoms with E-state index in [1.54, 1.807) is 12.1 Å². The summed E-state index contributed by atoms with van der Waals surface area (Å²) < 4.78 is 10.7. The highest BCUT2D eigenvalue weighted by Gasteiger charge is 2.27. The number of carbonyl (C=O) groups excluding carboxylic acids is 2. The van der Waals surface area contributed by atoms with E-state index < -0.39 is 0 Å². The van der Waals surface area contributed by atoms with Crippen molar-refractivity contribution in [2.45, 2.75) is 44.6 Å². The van der Waals surface area contributed by atoms with E-state index in [1.807, 2.05) is 0 Å². The molecule has 2 aromatic heterocycles. The number of nitrogens with one attached hydrogen (secondary N) is 2. The number of ether oxygens (including phenoxy) is 1. The molecular formula is C19H22N2O4S. The zero-order valence-corrected chi connectivity index (χ0v) is 15.3. The molecular weight excluding hydrogens is 352 g/mol. The fourth-order valence-corrected chi connectivity index (χ4v) is 4.85. The third-order valence-corrected chi connectivity index (χ3v) is 6.09. The molecule has 0 bridgehead atoms. The Kier molecular flexibility index (Phi) is 5.08. The molecule has 0 spiro atoms. The predicted octanol–water partition coefficient (Wildman–Crippen LogP) is 3.38. The van der Waals surface area contributed by atoms with Crippen LogP contribution in [0, 0.1) is 0 Å². The molecule has 6 nitrogen and oxygen atoms in total. The lowest BCUT2D eigenvalue weighted by atomic mass is 9.95. The molecule has 3 heterocycles. The zero-order chi connectivity index (χ0) is 17.9. The largest absolute Gasteiger partial charge is 0.459 e. The minimum atomic E-state index is -0.332. The van der Waals surface area contributed by atoms with Crippen LogP contribution in [0.25, 0.3) is 0 Å². The van der Waals surface area contributed by atoms with Gasteiger partial charge < -0.3 is 19.8 Å². The van der Waals surface area contributed by atoms with E-state index in [0.717, 1.165) is 50.7 Å². The van der Waals surface area contributed by atoms with Gasteiger partial charge in [0.15, 0.2) is 5.76 Å². The van der Waals surface area contributed by atoms with Gasteiger partial charge in [0.2, 0.25) is 0 Å². The molecule has 0 aromatic carbocycles. The molecule has 1 atom stereocenters. The lowest BCUT2D eigenvalue weighted by Gasteiger charge is -2.15. The Hall–Kier alpha value is -2.12. The van der Waals surface area contributed by atoms with Gasteiger partial charge in [-0.25, -0.2) is 0 Å². The number of hydrogen-bond acceptors (Lipinski definition) is 5. The van der Waals surface area contributed by atoms with Gasteiger partial charge in [0.05, 0.1) is 17.9 Å². The molecule has 2 aromatic rings. The molecule has 7 heteroatoms. The van der Waals surface area contributed by atoms with Crippen molar-refractivity contribution >= 4 is 28.2 Å². The van der Waals surface area contributed by atoms with Crippen LogP contribution in [0.4, 0.5) is 5.00 Å². The summed E-state index contributed by atoms with van der Waals surface area (Å²) in [6.45, 7) is 1.27. The average Bonchev–Trinajstić information content (AvgIpc) is 3.39. The van der Waals surface area contributed by atoms with E-state index >= 15 is 0 Å². The molecule has 2 N–H and O–H groups in total. The zero-order valence-electron chi connectivity index (χ0n) is 14.5. The molecule has 2 aliphatic rings. The Balaban J connectivity index is 1.55. The SMILES string of the molecule is O=C(Nc1sc2c(c1C(=O)NC[C@H]1CCCO1)CCCC2)c1ccco1. The van der Waals surface area contributed by atoms with Gasteiger partial charge in [-0.1, -0.05) is 0 Å². The number of hydrogen-bond donors (Lipinski definition) is 2. The van der Waals surface area contributed by atoms with Crippen LogP contribution in [0.5, 0.6) is 0 Å². The Morgan fingerprint density at radius 2 is 2.08 bits per heavy atom. The van der Waals surface area contributed by atoms with Gasteiger partial charge in [-0.15, -0.1) is 11.3 Å². The van der Waals surface area contributed by atoms with Crippen LogP contribution >= 0.6 is 11.3 Å². The summed E-state index contributed by atoms with van der Waals surface area (Å²) in [5, 5.41) is 6.48. The number of fused-ring (bicyclic) bond motifs is 1. The second-order valence-electron chi connectivity index (χ2n) is 6.69. The summed E-state index contributed by atoms with van der Waals surface area (Å²) in [7, 11) is 0. The fourth-order valence-electron chi connectivity index (χ4n) is 3.57. The first-order valence-corrected chi connectivity index (χ1v) is 9.93. The summed E-state index contributed by atoms with van der Waals surface area (Å²) in [6.07, 6.45) is 7.60. The molecule has 138 valence electrons. The van der Waals surface area contributed by atoms with Gasteiger partial charge in [-0.3, -0.25) is 9.59 Å². The number of anilines is 1. The van der Waals surface area contributed by atoms with Crippen molar-refractivity contribution in [2.75, 3.05) is 18.5 Å². The van der Waals surface area contributed by atoms with Crippen LogP contribution < -0.4 is 10.6 Å². The number of rotatable bonds is 5. The number of amides is 2. The number of thiophene rings is 1. The lowest BCUT2D eigenvalue weighted by molar-refractivity contribution is 0.0858. The first-order valence-electron chi connectivity index (χ1n) is 9.11. The van der Waals surface area contributed by atoms with Crippen LogP contribution in [-0.4, -0.2) is 31.1 Å². The molecule has 1 saturated heterocycles. The van der Waals surface area contributed by atoms with Crippen molar-refractivity contribution in [3.05, 3.63) is 40.2 Å². The molecule has 4 rings (SSSR count). The van der Waals surface area contributed by atoms with Gasteiger partial charge in [-0.2, -0.15) is 0 Å². The van der Waals surface area contributed by atoms with Gasteiger partial charge in [-0.05, 0) is 56.2 Å². The third kappa shape index (κ3) is 3.54. The average molecular weight is 374 g/mol. The summed E-state index contributed by atoms with van der Waals surface area (Å²) in [5.41, 5.74) is 1.70. The summed E-state index contributed by atoms with van der Waals surface area (Å²) >= 11 is 1.51. The highest BCUT2D eigenvalue weighted by molar-refractivity contribution is 7.17. The van der Waals surface area contributed by atoms with Crippen LogP contribution in [0.3, 0.4) is 0 Å². The second-order valence-corrected chi connectivity index (χ2v) is 7.80. The minimum absolute atomic E-state index is 0.0922. The predicted molar refractivity (Wildman–Crippen MR) is 98.9 cm³/mol. The van der Waals surface area contributed by atoms with E-state index in [1.165, 1.54) is 22.5 Å². The first-order chi connectivity index (χ1) is 12.7. The summed E-state index contributed by atoms with van der Waals surface area (Å²) in [6, 6.07) is 3.28. The van der Waals surface area contributed by atoms with Gasteiger partial charge in [0.1, 0.15) is 5.00 Å². The monoisotopic (exact) mass is 374 g/mol. The van der Waals surface area contributed by atoms with Crippen LogP contribution in [0.15, 0.2) is 22.8 Å². The van der Waals surface area contributed by atoms with Gasteiger partial charge in [0.25, 0.3) is 11.8 Å². The first kappa shape index (κ1) is 17.3. The molecule has 1 aliphatic carbocycles. The minimum Gasteiger partial charge on any atom is -0.459 e. The molecule has 26 heavy (non-hydrogen) atoms. The molecule has 0 unspecified atom stereocenters. The maximum atomic E-state index is 12.9. The molecule has 0 saturated carbocycles. The van der Waals surface area contributed by atoms with Crippen LogP contribution in [-0.2, 0) is 17.6 Å². The Labute approximate surface area is 155 Å². The standard InChI is InChI=1S/C19H22N2O4S/c22-17(14-7-4-10-25-14)21-19-16(13-6-1-2-8-15(13)26-19)18(23)20-11-12-5-3-9-24-12/h4,7,10,12H,1-3,5-6,8-9,11H2,(H,20,23)(H,21,22)/t12-/m1/s1. The van der Waals surface area contributed by atoms with Crippen molar-refractivity contribution in [3.8, 4) is 0 Å². The normalized spacial score (nSPS) is 19.2. The van der Waals surface area contributed by atoms with Crippen molar-refractivity contribution in [1.29, 1.82) is 0 Å². The molecule has 1 aliphatic heterocycles. The summed E-state index contributed by atoms with van der Waals surface area (Å²) in [4.78, 5) is 26.5. The van der Waals surface area contributed by atoms with E-state index in [2.05, 4.69) is 10.6 Å². The highest BCUT2D eigenvalue weighted by Crippen LogP contribution is 2.38. The molecule has 1 fully saturated rings. The van der Waals surface area contributed by atoms with E-state index in [9.17, 15) is 9.59 Å². The van der Waals surface area contributed by atoms with Gasteiger partial charge in [0, 0.05) is 18.0 Å². The Morgan fingerprint density at radius 3 is 2.85 bits per heavy atom. The van der Waals surface area contributed by atoms with E-state index in [0.29, 0.717) is 17.1 Å². The van der Waals surface area contributed by atoms with Crippen molar-refractivity contribution < 1.29 is 18.7 Å². The van der Waals surface area contributed by atoms with E-state index in [-0.39, 0.29) is 23.7 Å².